The zero-order valence-electron chi connectivity index (χ0n) is 14.7. The van der Waals surface area contributed by atoms with E-state index >= 15 is 0 Å². The summed E-state index contributed by atoms with van der Waals surface area (Å²) in [6, 6.07) is 5.59. The van der Waals surface area contributed by atoms with E-state index in [9.17, 15) is 8.42 Å². The third-order valence-electron chi connectivity index (χ3n) is 4.32. The number of hydrogen-bond acceptors (Lipinski definition) is 4. The largest absolute Gasteiger partial charge is 0.454 e. The fraction of sp³-hybridized carbons (Fsp3) is 0.667. The van der Waals surface area contributed by atoms with Crippen LogP contribution in [0.5, 0.6) is 11.5 Å². The molecule has 0 radical (unpaired) electrons. The minimum Gasteiger partial charge on any atom is -0.454 e. The summed E-state index contributed by atoms with van der Waals surface area (Å²) in [5.41, 5.74) is 0.941. The van der Waals surface area contributed by atoms with Gasteiger partial charge in [-0.25, -0.2) is 13.1 Å². The predicted octanol–water partition coefficient (Wildman–Crippen LogP) is 3.63. The number of sulfonamides is 1. The molecule has 0 amide bonds. The highest BCUT2D eigenvalue weighted by molar-refractivity contribution is 7.90. The van der Waals surface area contributed by atoms with Crippen LogP contribution in [-0.2, 0) is 16.4 Å². The molecule has 0 fully saturated rings. The maximum Gasteiger partial charge on any atom is 0.231 e. The summed E-state index contributed by atoms with van der Waals surface area (Å²) < 4.78 is 38.0. The highest BCUT2D eigenvalue weighted by Gasteiger charge is 2.22. The van der Waals surface area contributed by atoms with Gasteiger partial charge in [0.25, 0.3) is 0 Å². The number of fused-ring (bicyclic) bond motifs is 1. The van der Waals surface area contributed by atoms with Crippen LogP contribution in [0.2, 0.25) is 0 Å². The Labute approximate surface area is 145 Å². The molecule has 1 N–H and O–H groups in total. The van der Waals surface area contributed by atoms with Crippen LogP contribution in [0.3, 0.4) is 0 Å². The van der Waals surface area contributed by atoms with Gasteiger partial charge >= 0.3 is 0 Å². The minimum atomic E-state index is -3.29. The molecule has 2 rings (SSSR count). The first-order chi connectivity index (χ1) is 11.5. The molecule has 0 aliphatic carbocycles. The summed E-state index contributed by atoms with van der Waals surface area (Å²) in [6.45, 7) is 4.69. The van der Waals surface area contributed by atoms with Gasteiger partial charge in [-0.1, -0.05) is 45.1 Å². The molecule has 1 unspecified atom stereocenters. The molecule has 5 nitrogen and oxygen atoms in total. The lowest BCUT2D eigenvalue weighted by molar-refractivity contribution is 0.174. The Morgan fingerprint density at radius 2 is 1.79 bits per heavy atom. The van der Waals surface area contributed by atoms with E-state index in [0.717, 1.165) is 24.2 Å². The Morgan fingerprint density at radius 1 is 1.08 bits per heavy atom. The van der Waals surface area contributed by atoms with Crippen LogP contribution < -0.4 is 14.2 Å². The Bertz CT molecular complexity index is 615. The molecule has 0 saturated heterocycles. The van der Waals surface area contributed by atoms with Crippen molar-refractivity contribution in [3.63, 3.8) is 0 Å². The van der Waals surface area contributed by atoms with Crippen molar-refractivity contribution in [1.82, 2.24) is 4.72 Å². The Kier molecular flexibility index (Phi) is 7.37. The van der Waals surface area contributed by atoms with E-state index in [1.54, 1.807) is 6.92 Å². The van der Waals surface area contributed by atoms with Crippen LogP contribution in [0, 0.1) is 0 Å². The van der Waals surface area contributed by atoms with Crippen molar-refractivity contribution in [2.75, 3.05) is 13.3 Å². The van der Waals surface area contributed by atoms with E-state index in [0.29, 0.717) is 18.7 Å². The van der Waals surface area contributed by atoms with Gasteiger partial charge in [0.05, 0.1) is 5.25 Å². The van der Waals surface area contributed by atoms with Gasteiger partial charge in [-0.3, -0.25) is 0 Å². The molecule has 1 aromatic carbocycles. The van der Waals surface area contributed by atoms with Crippen LogP contribution in [0.4, 0.5) is 0 Å². The van der Waals surface area contributed by atoms with Crippen LogP contribution in [0.15, 0.2) is 18.2 Å². The molecule has 0 saturated carbocycles. The lowest BCUT2D eigenvalue weighted by atomic mass is 10.1. The molecule has 1 aliphatic heterocycles. The van der Waals surface area contributed by atoms with Crippen molar-refractivity contribution in [2.45, 2.75) is 64.0 Å². The highest BCUT2D eigenvalue weighted by Crippen LogP contribution is 2.33. The van der Waals surface area contributed by atoms with Crippen molar-refractivity contribution in [3.8, 4) is 11.5 Å². The lowest BCUT2D eigenvalue weighted by Crippen LogP contribution is -2.34. The zero-order chi connectivity index (χ0) is 17.4. The van der Waals surface area contributed by atoms with E-state index < -0.39 is 15.3 Å². The van der Waals surface area contributed by atoms with Gasteiger partial charge in [0.2, 0.25) is 16.8 Å². The van der Waals surface area contributed by atoms with Gasteiger partial charge in [-0.2, -0.15) is 0 Å². The number of unbranched alkanes of at least 4 members (excludes halogenated alkanes) is 5. The Morgan fingerprint density at radius 3 is 2.58 bits per heavy atom. The molecular weight excluding hydrogens is 326 g/mol. The van der Waals surface area contributed by atoms with Crippen molar-refractivity contribution in [3.05, 3.63) is 23.8 Å². The quantitative estimate of drug-likeness (QED) is 0.616. The predicted molar refractivity (Wildman–Crippen MR) is 96.0 cm³/mol. The molecule has 24 heavy (non-hydrogen) atoms. The zero-order valence-corrected chi connectivity index (χ0v) is 15.5. The van der Waals surface area contributed by atoms with Crippen molar-refractivity contribution in [1.29, 1.82) is 0 Å². The van der Waals surface area contributed by atoms with Crippen molar-refractivity contribution < 1.29 is 17.9 Å². The fourth-order valence-corrected chi connectivity index (χ4v) is 3.90. The monoisotopic (exact) mass is 355 g/mol. The van der Waals surface area contributed by atoms with Crippen molar-refractivity contribution >= 4 is 10.0 Å². The van der Waals surface area contributed by atoms with Crippen LogP contribution >= 0.6 is 0 Å². The summed E-state index contributed by atoms with van der Waals surface area (Å²) >= 11 is 0. The van der Waals surface area contributed by atoms with E-state index in [1.165, 1.54) is 25.7 Å². The average Bonchev–Trinajstić information content (AvgIpc) is 3.01. The first-order valence-corrected chi connectivity index (χ1v) is 10.4. The summed E-state index contributed by atoms with van der Waals surface area (Å²) in [6.07, 6.45) is 7.36. The molecule has 0 bridgehead atoms. The number of rotatable bonds is 11. The summed E-state index contributed by atoms with van der Waals surface area (Å²) in [4.78, 5) is 0. The Hall–Kier alpha value is -1.27. The Balaban J connectivity index is 1.75. The molecule has 6 heteroatoms. The number of benzene rings is 1. The first-order valence-electron chi connectivity index (χ1n) is 8.90. The number of nitrogens with one attached hydrogen (secondary N) is 1. The second-order valence-corrected chi connectivity index (χ2v) is 8.59. The third-order valence-corrected chi connectivity index (χ3v) is 6.16. The van der Waals surface area contributed by atoms with Gasteiger partial charge in [0.15, 0.2) is 11.5 Å². The number of ether oxygens (including phenoxy) is 2. The van der Waals surface area contributed by atoms with E-state index in [4.69, 9.17) is 9.47 Å². The molecule has 136 valence electrons. The van der Waals surface area contributed by atoms with Crippen molar-refractivity contribution in [2.24, 2.45) is 0 Å². The second kappa shape index (κ2) is 9.28. The van der Waals surface area contributed by atoms with Gasteiger partial charge in [0, 0.05) is 6.54 Å². The molecule has 0 spiro atoms. The van der Waals surface area contributed by atoms with Gasteiger partial charge in [-0.05, 0) is 37.5 Å². The molecule has 0 aromatic heterocycles. The normalized spacial score (nSPS) is 14.8. The summed E-state index contributed by atoms with van der Waals surface area (Å²) in [7, 11) is -3.29. The third kappa shape index (κ3) is 5.67. The van der Waals surface area contributed by atoms with Gasteiger partial charge < -0.3 is 9.47 Å². The fourth-order valence-electron chi connectivity index (χ4n) is 2.77. The lowest BCUT2D eigenvalue weighted by Gasteiger charge is -2.14. The van der Waals surface area contributed by atoms with E-state index in [1.807, 2.05) is 18.2 Å². The SMILES string of the molecule is CCCCCCCCNS(=O)(=O)C(C)Cc1ccc2c(c1)OCO2. The smallest absolute Gasteiger partial charge is 0.231 e. The topological polar surface area (TPSA) is 64.6 Å². The van der Waals surface area contributed by atoms with Crippen LogP contribution in [0.1, 0.15) is 57.9 Å². The summed E-state index contributed by atoms with van der Waals surface area (Å²) in [5, 5.41) is -0.474. The summed E-state index contributed by atoms with van der Waals surface area (Å²) in [5.74, 6) is 1.41. The minimum absolute atomic E-state index is 0.229. The average molecular weight is 356 g/mol. The van der Waals surface area contributed by atoms with Gasteiger partial charge in [-0.15, -0.1) is 0 Å². The molecule has 1 aliphatic rings. The van der Waals surface area contributed by atoms with Crippen LogP contribution in [-0.4, -0.2) is 27.0 Å². The number of hydrogen-bond donors (Lipinski definition) is 1. The molecule has 1 heterocycles. The van der Waals surface area contributed by atoms with Crippen LogP contribution in [0.25, 0.3) is 0 Å². The highest BCUT2D eigenvalue weighted by atomic mass is 32.2. The molecule has 1 aromatic rings. The van der Waals surface area contributed by atoms with E-state index in [-0.39, 0.29) is 6.79 Å². The standard InChI is InChI=1S/C18H29NO4S/c1-3-4-5-6-7-8-11-19-24(20,21)15(2)12-16-9-10-17-18(13-16)23-14-22-17/h9-10,13,15,19H,3-8,11-12,14H2,1-2H3. The maximum atomic E-state index is 12.3. The second-order valence-electron chi connectivity index (χ2n) is 6.41. The first kappa shape index (κ1) is 19.1. The van der Waals surface area contributed by atoms with E-state index in [2.05, 4.69) is 11.6 Å². The van der Waals surface area contributed by atoms with Gasteiger partial charge in [0.1, 0.15) is 0 Å². The molecule has 1 atom stereocenters. The molecular formula is C18H29NO4S. The maximum absolute atomic E-state index is 12.3.